The molecule has 2 amide bonds. The zero-order valence-electron chi connectivity index (χ0n) is 16.2. The van der Waals surface area contributed by atoms with Crippen LogP contribution in [0.2, 0.25) is 5.02 Å². The van der Waals surface area contributed by atoms with Crippen LogP contribution in [0.5, 0.6) is 0 Å². The number of urea groups is 1. The van der Waals surface area contributed by atoms with E-state index in [1.165, 1.54) is 5.56 Å². The third-order valence-corrected chi connectivity index (χ3v) is 5.64. The average molecular weight is 414 g/mol. The Morgan fingerprint density at radius 2 is 1.93 bits per heavy atom. The second-order valence-corrected chi connectivity index (χ2v) is 7.75. The maximum Gasteiger partial charge on any atom is 0.321 e. The number of halogens is 1. The van der Waals surface area contributed by atoms with Crippen molar-refractivity contribution in [3.63, 3.8) is 0 Å². The summed E-state index contributed by atoms with van der Waals surface area (Å²) in [4.78, 5) is 14.8. The number of rotatable bonds is 5. The first-order valence-electron chi connectivity index (χ1n) is 9.62. The van der Waals surface area contributed by atoms with Crippen molar-refractivity contribution < 1.29 is 10.2 Å². The maximum absolute atomic E-state index is 12.9. The molecule has 0 aliphatic carbocycles. The highest BCUT2D eigenvalue weighted by molar-refractivity contribution is 6.30. The third kappa shape index (κ3) is 5.32. The molecule has 0 radical (unpaired) electrons. The van der Waals surface area contributed by atoms with Crippen molar-refractivity contribution in [2.75, 3.05) is 18.4 Å². The molecule has 152 valence electrons. The molecule has 1 unspecified atom stereocenters. The molecule has 1 fully saturated rings. The molecular formula is C21H26ClN6O+. The summed E-state index contributed by atoms with van der Waals surface area (Å²) in [6.45, 7) is 1.30. The number of hydrogen-bond donors (Lipinski definition) is 3. The Bertz CT molecular complexity index is 870. The lowest BCUT2D eigenvalue weighted by Gasteiger charge is -2.43. The largest absolute Gasteiger partial charge is 0.324 e. The first-order chi connectivity index (χ1) is 14.0. The van der Waals surface area contributed by atoms with Crippen molar-refractivity contribution in [2.24, 2.45) is 16.2 Å². The summed E-state index contributed by atoms with van der Waals surface area (Å²) in [5.41, 5.74) is 1.71. The van der Waals surface area contributed by atoms with Gasteiger partial charge in [-0.2, -0.15) is 0 Å². The van der Waals surface area contributed by atoms with Crippen LogP contribution in [0.25, 0.3) is 0 Å². The lowest BCUT2D eigenvalue weighted by molar-refractivity contribution is -0.118. The van der Waals surface area contributed by atoms with Crippen LogP contribution in [-0.2, 0) is 5.41 Å². The number of benzene rings is 2. The first kappa shape index (κ1) is 20.8. The standard InChI is InChI=1S/C21H25ClN6O/c22-17-7-9-18(10-8-17)25-20(29)28-14-4-12-21(15-28,13-11-19(23)26-27-24)16-5-2-1-3-6-16/h1-3,5-10H,4,11-15H2,(H,25,29)(H3,23,24,26)/p+1. The zero-order chi connectivity index (χ0) is 20.7. The number of hydrogen-bond acceptors (Lipinski definition) is 2. The molecule has 0 bridgehead atoms. The van der Waals surface area contributed by atoms with Gasteiger partial charge in [-0.05, 0) is 49.1 Å². The van der Waals surface area contributed by atoms with Gasteiger partial charge in [-0.3, -0.25) is 11.3 Å². The number of amides is 2. The molecule has 1 heterocycles. The van der Waals surface area contributed by atoms with Crippen LogP contribution in [-0.4, -0.2) is 29.9 Å². The molecule has 5 N–H and O–H groups in total. The van der Waals surface area contributed by atoms with E-state index >= 15 is 0 Å². The molecule has 2 aromatic carbocycles. The number of amidine groups is 1. The van der Waals surface area contributed by atoms with Crippen LogP contribution in [0.3, 0.4) is 0 Å². The van der Waals surface area contributed by atoms with E-state index in [2.05, 4.69) is 27.8 Å². The fraction of sp³-hybridized carbons (Fsp3) is 0.333. The van der Waals surface area contributed by atoms with Gasteiger partial charge in [0.25, 0.3) is 0 Å². The number of nitrogens with two attached hydrogens (primary N) is 2. The van der Waals surface area contributed by atoms with Gasteiger partial charge >= 0.3 is 11.9 Å². The fourth-order valence-electron chi connectivity index (χ4n) is 3.91. The molecule has 1 aliphatic rings. The summed E-state index contributed by atoms with van der Waals surface area (Å²) in [6, 6.07) is 17.2. The third-order valence-electron chi connectivity index (χ3n) is 5.39. The molecule has 7 nitrogen and oxygen atoms in total. The van der Waals surface area contributed by atoms with E-state index in [0.717, 1.165) is 24.9 Å². The highest BCUT2D eigenvalue weighted by atomic mass is 35.5. The Labute approximate surface area is 175 Å². The average Bonchev–Trinajstić information content (AvgIpc) is 2.75. The SMILES string of the molecule is NN=NC(=[NH2+])CCC1(c2ccccc2)CCCN(C(=O)Nc2ccc(Cl)cc2)C1. The topological polar surface area (TPSA) is 109 Å². The molecular weight excluding hydrogens is 388 g/mol. The monoisotopic (exact) mass is 413 g/mol. The summed E-state index contributed by atoms with van der Waals surface area (Å²) in [6.07, 6.45) is 3.19. The molecule has 8 heteroatoms. The van der Waals surface area contributed by atoms with E-state index in [-0.39, 0.29) is 11.4 Å². The molecule has 3 rings (SSSR count). The van der Waals surface area contributed by atoms with Gasteiger partial charge in [-0.15, -0.1) is 0 Å². The van der Waals surface area contributed by atoms with Crippen LogP contribution in [0, 0.1) is 0 Å². The quantitative estimate of drug-likeness (QED) is 0.230. The van der Waals surface area contributed by atoms with E-state index in [1.54, 1.807) is 24.3 Å². The van der Waals surface area contributed by atoms with Gasteiger partial charge < -0.3 is 10.2 Å². The summed E-state index contributed by atoms with van der Waals surface area (Å²) in [5, 5.41) is 16.5. The predicted molar refractivity (Wildman–Crippen MR) is 115 cm³/mol. The van der Waals surface area contributed by atoms with Crippen molar-refractivity contribution in [2.45, 2.75) is 31.1 Å². The molecule has 0 aromatic heterocycles. The van der Waals surface area contributed by atoms with Crippen LogP contribution < -0.4 is 16.6 Å². The maximum atomic E-state index is 12.9. The highest BCUT2D eigenvalue weighted by Gasteiger charge is 2.39. The number of anilines is 1. The van der Waals surface area contributed by atoms with Crippen molar-refractivity contribution >= 4 is 29.2 Å². The van der Waals surface area contributed by atoms with E-state index in [9.17, 15) is 4.79 Å². The first-order valence-corrected chi connectivity index (χ1v) is 9.99. The second kappa shape index (κ2) is 9.52. The van der Waals surface area contributed by atoms with Crippen LogP contribution >= 0.6 is 11.6 Å². The number of carbonyl (C=O) groups excluding carboxylic acids is 1. The summed E-state index contributed by atoms with van der Waals surface area (Å²) < 4.78 is 0. The minimum Gasteiger partial charge on any atom is -0.324 e. The summed E-state index contributed by atoms with van der Waals surface area (Å²) >= 11 is 5.93. The minimum absolute atomic E-state index is 0.120. The van der Waals surface area contributed by atoms with Gasteiger partial charge in [0.05, 0.1) is 11.5 Å². The molecule has 0 spiro atoms. The lowest BCUT2D eigenvalue weighted by atomic mass is 9.71. The highest BCUT2D eigenvalue weighted by Crippen LogP contribution is 2.38. The van der Waals surface area contributed by atoms with Crippen LogP contribution in [0.1, 0.15) is 31.2 Å². The van der Waals surface area contributed by atoms with Gasteiger partial charge in [-0.1, -0.05) is 41.9 Å². The Morgan fingerprint density at radius 3 is 2.62 bits per heavy atom. The van der Waals surface area contributed by atoms with Crippen LogP contribution in [0.4, 0.5) is 10.5 Å². The Morgan fingerprint density at radius 1 is 1.21 bits per heavy atom. The van der Waals surface area contributed by atoms with Gasteiger partial charge in [-0.25, -0.2) is 4.79 Å². The van der Waals surface area contributed by atoms with E-state index in [0.29, 0.717) is 30.4 Å². The fourth-order valence-corrected chi connectivity index (χ4v) is 4.03. The number of nitrogens with zero attached hydrogens (tertiary/aromatic N) is 3. The Hall–Kier alpha value is -2.93. The van der Waals surface area contributed by atoms with Crippen molar-refractivity contribution in [1.82, 2.24) is 4.90 Å². The predicted octanol–water partition coefficient (Wildman–Crippen LogP) is 3.17. The smallest absolute Gasteiger partial charge is 0.321 e. The molecule has 0 saturated carbocycles. The van der Waals surface area contributed by atoms with Gasteiger partial charge in [0, 0.05) is 34.4 Å². The summed E-state index contributed by atoms with van der Waals surface area (Å²) in [7, 11) is 0. The van der Waals surface area contributed by atoms with Crippen molar-refractivity contribution in [1.29, 1.82) is 0 Å². The number of carbonyl (C=O) groups is 1. The number of piperidine rings is 1. The van der Waals surface area contributed by atoms with Crippen molar-refractivity contribution in [3.8, 4) is 0 Å². The number of likely N-dealkylation sites (tertiary alicyclic amines) is 1. The molecule has 1 aliphatic heterocycles. The van der Waals surface area contributed by atoms with Crippen molar-refractivity contribution in [3.05, 3.63) is 65.2 Å². The zero-order valence-corrected chi connectivity index (χ0v) is 17.0. The lowest BCUT2D eigenvalue weighted by Crippen LogP contribution is -2.50. The van der Waals surface area contributed by atoms with Gasteiger partial charge in [0.15, 0.2) is 0 Å². The van der Waals surface area contributed by atoms with E-state index in [4.69, 9.17) is 22.9 Å². The minimum atomic E-state index is -0.203. The van der Waals surface area contributed by atoms with E-state index < -0.39 is 0 Å². The van der Waals surface area contributed by atoms with Gasteiger partial charge in [0.2, 0.25) is 0 Å². The number of nitrogens with one attached hydrogen (secondary N) is 1. The molecule has 1 saturated heterocycles. The molecule has 29 heavy (non-hydrogen) atoms. The van der Waals surface area contributed by atoms with Crippen LogP contribution in [0.15, 0.2) is 64.9 Å². The Balaban J connectivity index is 1.78. The molecule has 2 aromatic rings. The summed E-state index contributed by atoms with van der Waals surface area (Å²) in [5.74, 6) is 5.51. The normalized spacial score (nSPS) is 19.3. The van der Waals surface area contributed by atoms with E-state index in [1.807, 2.05) is 23.1 Å². The second-order valence-electron chi connectivity index (χ2n) is 7.32. The molecule has 1 atom stereocenters. The Kier molecular flexibility index (Phi) is 6.82. The van der Waals surface area contributed by atoms with Gasteiger partial charge in [0.1, 0.15) is 0 Å².